The fraction of sp³-hybridized carbons (Fsp3) is 0.538. The van der Waals surface area contributed by atoms with Crippen molar-refractivity contribution < 1.29 is 13.2 Å². The van der Waals surface area contributed by atoms with E-state index in [-0.39, 0.29) is 6.10 Å². The maximum atomic E-state index is 12.7. The van der Waals surface area contributed by atoms with Crippen molar-refractivity contribution in [3.05, 3.63) is 35.0 Å². The van der Waals surface area contributed by atoms with E-state index in [0.29, 0.717) is 26.1 Å². The largest absolute Gasteiger partial charge is 0.377 e. The molecular formula is C13H19NO3S2. The zero-order valence-corrected chi connectivity index (χ0v) is 12.6. The minimum absolute atomic E-state index is 0.236. The van der Waals surface area contributed by atoms with Crippen molar-refractivity contribution in [2.24, 2.45) is 0 Å². The Labute approximate surface area is 118 Å². The van der Waals surface area contributed by atoms with E-state index >= 15 is 0 Å². The summed E-state index contributed by atoms with van der Waals surface area (Å²) in [5.41, 5.74) is 0. The van der Waals surface area contributed by atoms with E-state index < -0.39 is 15.3 Å². The molecule has 0 radical (unpaired) electrons. The summed E-state index contributed by atoms with van der Waals surface area (Å²) in [4.78, 5) is 1.04. The molecule has 2 unspecified atom stereocenters. The minimum Gasteiger partial charge on any atom is -0.377 e. The van der Waals surface area contributed by atoms with E-state index in [0.717, 1.165) is 4.88 Å². The van der Waals surface area contributed by atoms with Gasteiger partial charge in [-0.25, -0.2) is 8.42 Å². The number of ether oxygens (including phenoxy) is 1. The molecule has 2 rings (SSSR count). The first-order valence-corrected chi connectivity index (χ1v) is 8.68. The number of thiophene rings is 1. The molecule has 0 aliphatic carbocycles. The van der Waals surface area contributed by atoms with Crippen LogP contribution in [0.2, 0.25) is 0 Å². The van der Waals surface area contributed by atoms with Gasteiger partial charge in [0.15, 0.2) is 0 Å². The number of rotatable bonds is 6. The fourth-order valence-corrected chi connectivity index (χ4v) is 5.05. The van der Waals surface area contributed by atoms with Crippen LogP contribution in [-0.4, -0.2) is 37.2 Å². The fourth-order valence-electron chi connectivity index (χ4n) is 2.27. The molecule has 0 aromatic carbocycles. The lowest BCUT2D eigenvalue weighted by Gasteiger charge is -2.25. The highest BCUT2D eigenvalue weighted by Gasteiger charge is 2.39. The van der Waals surface area contributed by atoms with E-state index in [9.17, 15) is 8.42 Å². The van der Waals surface area contributed by atoms with Crippen LogP contribution in [-0.2, 0) is 21.3 Å². The Hall–Kier alpha value is -0.690. The highest BCUT2D eigenvalue weighted by molar-refractivity contribution is 7.89. The first-order valence-electron chi connectivity index (χ1n) is 6.29. The Morgan fingerprint density at radius 1 is 1.63 bits per heavy atom. The minimum atomic E-state index is -3.34. The summed E-state index contributed by atoms with van der Waals surface area (Å²) in [6.45, 7) is 6.75. The Balaban J connectivity index is 2.19. The van der Waals surface area contributed by atoms with E-state index in [1.165, 1.54) is 4.31 Å². The second-order valence-electron chi connectivity index (χ2n) is 4.61. The molecule has 0 amide bonds. The monoisotopic (exact) mass is 301 g/mol. The maximum absolute atomic E-state index is 12.7. The molecule has 4 nitrogen and oxygen atoms in total. The van der Waals surface area contributed by atoms with Gasteiger partial charge < -0.3 is 4.74 Å². The van der Waals surface area contributed by atoms with E-state index in [1.807, 2.05) is 24.4 Å². The lowest BCUT2D eigenvalue weighted by atomic mass is 10.3. The SMILES string of the molecule is C=CCN(Cc1cccs1)S(=O)(=O)C1CCOC1C. The van der Waals surface area contributed by atoms with Crippen molar-refractivity contribution in [2.45, 2.75) is 31.2 Å². The van der Waals surface area contributed by atoms with Crippen LogP contribution in [0.5, 0.6) is 0 Å². The molecule has 0 N–H and O–H groups in total. The van der Waals surface area contributed by atoms with Gasteiger partial charge in [0.1, 0.15) is 5.25 Å². The van der Waals surface area contributed by atoms with Crippen LogP contribution in [0.15, 0.2) is 30.2 Å². The number of nitrogens with zero attached hydrogens (tertiary/aromatic N) is 1. The predicted molar refractivity (Wildman–Crippen MR) is 77.7 cm³/mol. The molecule has 19 heavy (non-hydrogen) atoms. The third-order valence-electron chi connectivity index (χ3n) is 3.29. The van der Waals surface area contributed by atoms with Gasteiger partial charge in [0, 0.05) is 24.6 Å². The summed E-state index contributed by atoms with van der Waals surface area (Å²) in [7, 11) is -3.34. The Kier molecular flexibility index (Phi) is 4.78. The molecule has 0 spiro atoms. The Morgan fingerprint density at radius 3 is 2.95 bits per heavy atom. The van der Waals surface area contributed by atoms with Gasteiger partial charge in [0.25, 0.3) is 0 Å². The zero-order chi connectivity index (χ0) is 13.9. The van der Waals surface area contributed by atoms with Crippen LogP contribution in [0.3, 0.4) is 0 Å². The van der Waals surface area contributed by atoms with Crippen molar-refractivity contribution in [1.29, 1.82) is 0 Å². The smallest absolute Gasteiger partial charge is 0.220 e. The molecule has 1 aromatic rings. The Bertz CT molecular complexity index is 510. The molecule has 2 heterocycles. The molecule has 2 atom stereocenters. The maximum Gasteiger partial charge on any atom is 0.220 e. The van der Waals surface area contributed by atoms with E-state index in [2.05, 4.69) is 6.58 Å². The number of sulfonamides is 1. The lowest BCUT2D eigenvalue weighted by Crippen LogP contribution is -2.41. The average molecular weight is 301 g/mol. The molecular weight excluding hydrogens is 282 g/mol. The quantitative estimate of drug-likeness (QED) is 0.757. The molecule has 1 aliphatic heterocycles. The topological polar surface area (TPSA) is 46.6 Å². The molecule has 6 heteroatoms. The van der Waals surface area contributed by atoms with Gasteiger partial charge in [-0.3, -0.25) is 0 Å². The summed E-state index contributed by atoms with van der Waals surface area (Å²) in [6.07, 6.45) is 1.97. The molecule has 0 saturated carbocycles. The second kappa shape index (κ2) is 6.17. The third-order valence-corrected chi connectivity index (χ3v) is 6.54. The van der Waals surface area contributed by atoms with Gasteiger partial charge in [-0.05, 0) is 24.8 Å². The van der Waals surface area contributed by atoms with E-state index in [1.54, 1.807) is 17.4 Å². The lowest BCUT2D eigenvalue weighted by molar-refractivity contribution is 0.125. The summed E-state index contributed by atoms with van der Waals surface area (Å²) in [6, 6.07) is 3.88. The van der Waals surface area contributed by atoms with Crippen molar-refractivity contribution >= 4 is 21.4 Å². The first kappa shape index (κ1) is 14.7. The van der Waals surface area contributed by atoms with Crippen LogP contribution in [0.1, 0.15) is 18.2 Å². The third kappa shape index (κ3) is 3.25. The van der Waals surface area contributed by atoms with Crippen molar-refractivity contribution in [3.63, 3.8) is 0 Å². The number of hydrogen-bond donors (Lipinski definition) is 0. The molecule has 1 aromatic heterocycles. The van der Waals surface area contributed by atoms with Crippen molar-refractivity contribution in [2.75, 3.05) is 13.2 Å². The van der Waals surface area contributed by atoms with Crippen LogP contribution < -0.4 is 0 Å². The summed E-state index contributed by atoms with van der Waals surface area (Å²) < 4.78 is 32.2. The van der Waals surface area contributed by atoms with Gasteiger partial charge in [-0.15, -0.1) is 17.9 Å². The van der Waals surface area contributed by atoms with Crippen LogP contribution in [0.4, 0.5) is 0 Å². The molecule has 1 aliphatic rings. The van der Waals surface area contributed by atoms with Gasteiger partial charge >= 0.3 is 0 Å². The normalized spacial score (nSPS) is 23.9. The summed E-state index contributed by atoms with van der Waals surface area (Å²) >= 11 is 1.56. The second-order valence-corrected chi connectivity index (χ2v) is 7.79. The zero-order valence-electron chi connectivity index (χ0n) is 11.0. The van der Waals surface area contributed by atoms with Crippen molar-refractivity contribution in [1.82, 2.24) is 4.31 Å². The highest BCUT2D eigenvalue weighted by atomic mass is 32.2. The van der Waals surface area contributed by atoms with E-state index in [4.69, 9.17) is 4.74 Å². The van der Waals surface area contributed by atoms with Crippen LogP contribution in [0, 0.1) is 0 Å². The van der Waals surface area contributed by atoms with Crippen LogP contribution >= 0.6 is 11.3 Å². The molecule has 106 valence electrons. The molecule has 1 saturated heterocycles. The standard InChI is InChI=1S/C13H19NO3S2/c1-3-7-14(10-12-5-4-9-18-12)19(15,16)13-6-8-17-11(13)2/h3-5,9,11,13H,1,6-8,10H2,2H3. The van der Waals surface area contributed by atoms with Gasteiger partial charge in [0.2, 0.25) is 10.0 Å². The van der Waals surface area contributed by atoms with Gasteiger partial charge in [0.05, 0.1) is 6.10 Å². The van der Waals surface area contributed by atoms with Crippen LogP contribution in [0.25, 0.3) is 0 Å². The van der Waals surface area contributed by atoms with Gasteiger partial charge in [-0.2, -0.15) is 4.31 Å². The molecule has 0 bridgehead atoms. The highest BCUT2D eigenvalue weighted by Crippen LogP contribution is 2.25. The first-order chi connectivity index (χ1) is 9.05. The average Bonchev–Trinajstić information content (AvgIpc) is 2.99. The predicted octanol–water partition coefficient (Wildman–Crippen LogP) is 2.24. The van der Waals surface area contributed by atoms with Gasteiger partial charge in [-0.1, -0.05) is 12.1 Å². The molecule has 1 fully saturated rings. The number of hydrogen-bond acceptors (Lipinski definition) is 4. The van der Waals surface area contributed by atoms with Crippen molar-refractivity contribution in [3.8, 4) is 0 Å². The summed E-state index contributed by atoms with van der Waals surface area (Å²) in [5.74, 6) is 0. The summed E-state index contributed by atoms with van der Waals surface area (Å²) in [5, 5.41) is 1.52. The Morgan fingerprint density at radius 2 is 2.42 bits per heavy atom.